The van der Waals surface area contributed by atoms with Crippen LogP contribution in [-0.4, -0.2) is 66.7 Å². The SMILES string of the molecule is C=CC(=O)Nc1cc(Cc2nccc(-c3cn(C)c4cccc(Cl)c34)n2)c(OC)cc1N(C)CCN(C)C. The van der Waals surface area contributed by atoms with Crippen LogP contribution in [0.15, 0.2) is 61.4 Å². The van der Waals surface area contributed by atoms with Gasteiger partial charge >= 0.3 is 0 Å². The molecule has 1 N–H and O–H groups in total. The molecule has 1 amide bonds. The molecule has 2 heterocycles. The van der Waals surface area contributed by atoms with Gasteiger partial charge in [-0.15, -0.1) is 0 Å². The summed E-state index contributed by atoms with van der Waals surface area (Å²) in [6.45, 7) is 5.22. The van der Waals surface area contributed by atoms with Crippen LogP contribution >= 0.6 is 11.6 Å². The molecule has 198 valence electrons. The lowest BCUT2D eigenvalue weighted by Gasteiger charge is -2.25. The van der Waals surface area contributed by atoms with Gasteiger partial charge in [0.1, 0.15) is 11.6 Å². The van der Waals surface area contributed by atoms with Crippen LogP contribution in [0.25, 0.3) is 22.2 Å². The number of likely N-dealkylation sites (N-methyl/N-ethyl adjacent to an activating group) is 2. The number of carbonyl (C=O) groups is 1. The first-order valence-electron chi connectivity index (χ1n) is 12.3. The molecule has 0 unspecified atom stereocenters. The van der Waals surface area contributed by atoms with Gasteiger partial charge < -0.3 is 24.4 Å². The second kappa shape index (κ2) is 11.7. The van der Waals surface area contributed by atoms with Crippen LogP contribution in [0.4, 0.5) is 11.4 Å². The Morgan fingerprint density at radius 2 is 2.00 bits per heavy atom. The Labute approximate surface area is 228 Å². The molecule has 0 aliphatic rings. The van der Waals surface area contributed by atoms with E-state index >= 15 is 0 Å². The van der Waals surface area contributed by atoms with Crippen molar-refractivity contribution in [1.82, 2.24) is 19.4 Å². The number of benzene rings is 2. The monoisotopic (exact) mass is 532 g/mol. The van der Waals surface area contributed by atoms with Gasteiger partial charge in [0.15, 0.2) is 0 Å². The van der Waals surface area contributed by atoms with Crippen molar-refractivity contribution in [3.8, 4) is 17.0 Å². The zero-order valence-corrected chi connectivity index (χ0v) is 23.2. The molecule has 38 heavy (non-hydrogen) atoms. The van der Waals surface area contributed by atoms with Crippen molar-refractivity contribution in [2.45, 2.75) is 6.42 Å². The molecule has 2 aromatic heterocycles. The topological polar surface area (TPSA) is 75.5 Å². The standard InChI is InChI=1S/C29H33ClN6O2/c1-7-28(37)33-23-15-19(26(38-6)17-25(23)35(4)14-13-34(2)3)16-27-31-12-11-22(32-27)20-18-36(5)24-10-8-9-21(30)29(20)24/h7-12,15,17-18H,1,13-14,16H2,2-6H3,(H,33,37). The minimum atomic E-state index is -0.283. The van der Waals surface area contributed by atoms with Crippen molar-refractivity contribution in [2.24, 2.45) is 7.05 Å². The summed E-state index contributed by atoms with van der Waals surface area (Å²) in [5.41, 5.74) is 5.13. The second-order valence-corrected chi connectivity index (χ2v) is 9.83. The highest BCUT2D eigenvalue weighted by atomic mass is 35.5. The summed E-state index contributed by atoms with van der Waals surface area (Å²) in [7, 11) is 9.67. The summed E-state index contributed by atoms with van der Waals surface area (Å²) < 4.78 is 7.81. The quantitative estimate of drug-likeness (QED) is 0.289. The molecular formula is C29H33ClN6O2. The Morgan fingerprint density at radius 3 is 2.71 bits per heavy atom. The average molecular weight is 533 g/mol. The Balaban J connectivity index is 1.73. The van der Waals surface area contributed by atoms with E-state index in [4.69, 9.17) is 21.3 Å². The zero-order valence-electron chi connectivity index (χ0n) is 22.5. The molecule has 0 aliphatic heterocycles. The van der Waals surface area contributed by atoms with Crippen molar-refractivity contribution in [1.29, 1.82) is 0 Å². The van der Waals surface area contributed by atoms with Crippen molar-refractivity contribution in [3.63, 3.8) is 0 Å². The molecule has 4 rings (SSSR count). The van der Waals surface area contributed by atoms with E-state index in [9.17, 15) is 4.79 Å². The van der Waals surface area contributed by atoms with Crippen LogP contribution in [-0.2, 0) is 18.3 Å². The Morgan fingerprint density at radius 1 is 1.21 bits per heavy atom. The van der Waals surface area contributed by atoms with E-state index in [0.717, 1.165) is 46.5 Å². The summed E-state index contributed by atoms with van der Waals surface area (Å²) in [5.74, 6) is 1.03. The molecule has 8 nitrogen and oxygen atoms in total. The van der Waals surface area contributed by atoms with E-state index in [-0.39, 0.29) is 5.91 Å². The molecule has 0 radical (unpaired) electrons. The first-order chi connectivity index (χ1) is 18.2. The van der Waals surface area contributed by atoms with E-state index in [0.29, 0.717) is 28.7 Å². The second-order valence-electron chi connectivity index (χ2n) is 9.42. The molecule has 9 heteroatoms. The highest BCUT2D eigenvalue weighted by Crippen LogP contribution is 2.36. The number of methoxy groups -OCH3 is 1. The molecule has 0 fully saturated rings. The first-order valence-corrected chi connectivity index (χ1v) is 12.7. The summed E-state index contributed by atoms with van der Waals surface area (Å²) >= 11 is 6.56. The number of carbonyl (C=O) groups excluding carboxylic acids is 1. The minimum absolute atomic E-state index is 0.283. The molecule has 0 saturated heterocycles. The Kier molecular flexibility index (Phi) is 8.34. The summed E-state index contributed by atoms with van der Waals surface area (Å²) in [6, 6.07) is 11.6. The number of aromatic nitrogens is 3. The Hall–Kier alpha value is -3.88. The van der Waals surface area contributed by atoms with Gasteiger partial charge in [0.05, 0.1) is 29.2 Å². The maximum atomic E-state index is 12.3. The highest BCUT2D eigenvalue weighted by Gasteiger charge is 2.18. The molecule has 2 aromatic carbocycles. The molecule has 0 aliphatic carbocycles. The third-order valence-corrected chi connectivity index (χ3v) is 6.74. The fraction of sp³-hybridized carbons (Fsp3) is 0.276. The van der Waals surface area contributed by atoms with Crippen LogP contribution in [0.3, 0.4) is 0 Å². The lowest BCUT2D eigenvalue weighted by atomic mass is 10.1. The molecular weight excluding hydrogens is 500 g/mol. The van der Waals surface area contributed by atoms with Gasteiger partial charge in [0, 0.05) is 74.1 Å². The van der Waals surface area contributed by atoms with Crippen molar-refractivity contribution < 1.29 is 9.53 Å². The molecule has 4 aromatic rings. The molecule has 0 spiro atoms. The molecule has 0 saturated carbocycles. The number of nitrogens with one attached hydrogen (secondary N) is 1. The maximum Gasteiger partial charge on any atom is 0.247 e. The van der Waals surface area contributed by atoms with Gasteiger partial charge in [-0.1, -0.05) is 24.2 Å². The van der Waals surface area contributed by atoms with Crippen LogP contribution in [0.1, 0.15) is 11.4 Å². The number of amides is 1. The summed E-state index contributed by atoms with van der Waals surface area (Å²) in [5, 5.41) is 4.58. The molecule has 0 atom stereocenters. The van der Waals surface area contributed by atoms with Gasteiger partial charge in [-0.05, 0) is 44.4 Å². The third kappa shape index (κ3) is 5.82. The summed E-state index contributed by atoms with van der Waals surface area (Å²) in [4.78, 5) is 25.9. The van der Waals surface area contributed by atoms with Crippen LogP contribution in [0, 0.1) is 0 Å². The van der Waals surface area contributed by atoms with Gasteiger partial charge in [-0.2, -0.15) is 0 Å². The number of hydrogen-bond donors (Lipinski definition) is 1. The van der Waals surface area contributed by atoms with Crippen molar-refractivity contribution in [3.05, 3.63) is 77.9 Å². The smallest absolute Gasteiger partial charge is 0.247 e. The number of halogens is 1. The van der Waals surface area contributed by atoms with Crippen LogP contribution in [0.5, 0.6) is 5.75 Å². The van der Waals surface area contributed by atoms with Crippen molar-refractivity contribution >= 4 is 39.8 Å². The molecule has 0 bridgehead atoms. The number of anilines is 2. The summed E-state index contributed by atoms with van der Waals surface area (Å²) in [6.07, 6.45) is 5.46. The van der Waals surface area contributed by atoms with Gasteiger partial charge in [0.25, 0.3) is 0 Å². The minimum Gasteiger partial charge on any atom is -0.496 e. The van der Waals surface area contributed by atoms with E-state index < -0.39 is 0 Å². The van der Waals surface area contributed by atoms with E-state index in [1.807, 2.05) is 75.4 Å². The fourth-order valence-electron chi connectivity index (χ4n) is 4.41. The highest BCUT2D eigenvalue weighted by molar-refractivity contribution is 6.36. The largest absolute Gasteiger partial charge is 0.496 e. The lowest BCUT2D eigenvalue weighted by molar-refractivity contribution is -0.111. The van der Waals surface area contributed by atoms with Gasteiger partial charge in [-0.25, -0.2) is 9.97 Å². The van der Waals surface area contributed by atoms with Crippen molar-refractivity contribution in [2.75, 3.05) is 51.6 Å². The van der Waals surface area contributed by atoms with E-state index in [2.05, 4.69) is 26.7 Å². The first kappa shape index (κ1) is 27.2. The van der Waals surface area contributed by atoms with E-state index in [1.54, 1.807) is 13.3 Å². The number of hydrogen-bond acceptors (Lipinski definition) is 6. The predicted molar refractivity (Wildman–Crippen MR) is 155 cm³/mol. The van der Waals surface area contributed by atoms with Gasteiger partial charge in [0.2, 0.25) is 5.91 Å². The Bertz CT molecular complexity index is 1480. The number of aryl methyl sites for hydroxylation is 1. The average Bonchev–Trinajstić information content (AvgIpc) is 3.25. The number of ether oxygens (including phenoxy) is 1. The number of nitrogens with zero attached hydrogens (tertiary/aromatic N) is 5. The fourth-order valence-corrected chi connectivity index (χ4v) is 4.68. The van der Waals surface area contributed by atoms with Gasteiger partial charge in [-0.3, -0.25) is 4.79 Å². The number of fused-ring (bicyclic) bond motifs is 1. The maximum absolute atomic E-state index is 12.3. The van der Waals surface area contributed by atoms with Crippen LogP contribution < -0.4 is 15.0 Å². The van der Waals surface area contributed by atoms with E-state index in [1.165, 1.54) is 6.08 Å². The predicted octanol–water partition coefficient (Wildman–Crippen LogP) is 5.01. The normalized spacial score (nSPS) is 11.1. The third-order valence-electron chi connectivity index (χ3n) is 6.43. The lowest BCUT2D eigenvalue weighted by Crippen LogP contribution is -2.29. The number of rotatable bonds is 10. The zero-order chi connectivity index (χ0) is 27.4. The van der Waals surface area contributed by atoms with Crippen LogP contribution in [0.2, 0.25) is 5.02 Å².